The third-order valence-electron chi connectivity index (χ3n) is 2.86. The average molecular weight is 271 g/mol. The summed E-state index contributed by atoms with van der Waals surface area (Å²) in [5, 5.41) is 0.779. The third kappa shape index (κ3) is 5.83. The van der Waals surface area contributed by atoms with Crippen LogP contribution in [0.5, 0.6) is 0 Å². The highest BCUT2D eigenvalue weighted by molar-refractivity contribution is 6.30. The van der Waals surface area contributed by atoms with Crippen LogP contribution in [0.15, 0.2) is 24.3 Å². The van der Waals surface area contributed by atoms with E-state index < -0.39 is 0 Å². The lowest BCUT2D eigenvalue weighted by molar-refractivity contribution is 0.0559. The summed E-state index contributed by atoms with van der Waals surface area (Å²) in [5.41, 5.74) is 6.92. The molecule has 0 bridgehead atoms. The van der Waals surface area contributed by atoms with Crippen LogP contribution in [0, 0.1) is 0 Å². The van der Waals surface area contributed by atoms with Gasteiger partial charge in [-0.05, 0) is 38.1 Å². The highest BCUT2D eigenvalue weighted by Crippen LogP contribution is 2.11. The topological polar surface area (TPSA) is 38.5 Å². The van der Waals surface area contributed by atoms with E-state index in [4.69, 9.17) is 22.1 Å². The normalized spacial score (nSPS) is 12.9. The molecular formula is C14H23ClN2O. The first-order chi connectivity index (χ1) is 8.65. The number of halogens is 1. The molecule has 0 heterocycles. The van der Waals surface area contributed by atoms with Gasteiger partial charge >= 0.3 is 0 Å². The van der Waals surface area contributed by atoms with Gasteiger partial charge in [0.25, 0.3) is 0 Å². The maximum atomic E-state index is 5.86. The van der Waals surface area contributed by atoms with Crippen molar-refractivity contribution in [3.05, 3.63) is 34.9 Å². The van der Waals surface area contributed by atoms with Gasteiger partial charge in [-0.2, -0.15) is 0 Å². The second-order valence-electron chi connectivity index (χ2n) is 4.47. The Morgan fingerprint density at radius 3 is 2.56 bits per heavy atom. The standard InChI is InChI=1S/C14H23ClN2O/c1-3-18-14(10-16)8-9-17(2)11-12-4-6-13(15)7-5-12/h4-7,14H,3,8-11,16H2,1-2H3. The molecule has 0 fully saturated rings. The van der Waals surface area contributed by atoms with Crippen molar-refractivity contribution < 1.29 is 4.74 Å². The highest BCUT2D eigenvalue weighted by Gasteiger charge is 2.08. The van der Waals surface area contributed by atoms with Gasteiger partial charge < -0.3 is 15.4 Å². The Bertz CT molecular complexity index is 329. The summed E-state index contributed by atoms with van der Waals surface area (Å²) in [7, 11) is 2.11. The molecule has 4 heteroatoms. The number of nitrogens with zero attached hydrogens (tertiary/aromatic N) is 1. The van der Waals surface area contributed by atoms with Gasteiger partial charge in [0.2, 0.25) is 0 Å². The largest absolute Gasteiger partial charge is 0.377 e. The summed E-state index contributed by atoms with van der Waals surface area (Å²) in [5.74, 6) is 0. The van der Waals surface area contributed by atoms with Crippen molar-refractivity contribution in [3.8, 4) is 0 Å². The van der Waals surface area contributed by atoms with Crippen LogP contribution < -0.4 is 5.73 Å². The van der Waals surface area contributed by atoms with Gasteiger partial charge in [-0.3, -0.25) is 0 Å². The summed E-state index contributed by atoms with van der Waals surface area (Å²) in [6.07, 6.45) is 1.14. The number of rotatable bonds is 8. The molecule has 1 atom stereocenters. The maximum Gasteiger partial charge on any atom is 0.0709 e. The molecule has 0 aliphatic heterocycles. The molecule has 1 rings (SSSR count). The lowest BCUT2D eigenvalue weighted by atomic mass is 10.2. The first-order valence-electron chi connectivity index (χ1n) is 6.40. The smallest absolute Gasteiger partial charge is 0.0709 e. The summed E-state index contributed by atoms with van der Waals surface area (Å²) in [6, 6.07) is 7.96. The Morgan fingerprint density at radius 2 is 2.00 bits per heavy atom. The molecule has 0 radical (unpaired) electrons. The van der Waals surface area contributed by atoms with Crippen molar-refractivity contribution in [2.75, 3.05) is 26.7 Å². The predicted octanol–water partition coefficient (Wildman–Crippen LogP) is 2.53. The van der Waals surface area contributed by atoms with Crippen molar-refractivity contribution in [1.29, 1.82) is 0 Å². The van der Waals surface area contributed by atoms with Gasteiger partial charge in [-0.1, -0.05) is 23.7 Å². The van der Waals surface area contributed by atoms with Crippen molar-refractivity contribution in [3.63, 3.8) is 0 Å². The second-order valence-corrected chi connectivity index (χ2v) is 4.90. The maximum absolute atomic E-state index is 5.86. The molecule has 0 aliphatic rings. The lowest BCUT2D eigenvalue weighted by Crippen LogP contribution is -2.29. The van der Waals surface area contributed by atoms with Gasteiger partial charge in [0.1, 0.15) is 0 Å². The Morgan fingerprint density at radius 1 is 1.33 bits per heavy atom. The Labute approximate surface area is 115 Å². The van der Waals surface area contributed by atoms with Crippen LogP contribution in [-0.4, -0.2) is 37.7 Å². The van der Waals surface area contributed by atoms with Crippen molar-refractivity contribution in [1.82, 2.24) is 4.90 Å². The van der Waals surface area contributed by atoms with Gasteiger partial charge in [0.15, 0.2) is 0 Å². The molecule has 0 amide bonds. The molecule has 1 aromatic rings. The van der Waals surface area contributed by atoms with Crippen LogP contribution in [0.4, 0.5) is 0 Å². The van der Waals surface area contributed by atoms with Crippen molar-refractivity contribution >= 4 is 11.6 Å². The number of ether oxygens (including phenoxy) is 1. The quantitative estimate of drug-likeness (QED) is 0.789. The molecule has 0 spiro atoms. The molecule has 1 unspecified atom stereocenters. The van der Waals surface area contributed by atoms with Gasteiger partial charge in [-0.25, -0.2) is 0 Å². The zero-order chi connectivity index (χ0) is 13.4. The third-order valence-corrected chi connectivity index (χ3v) is 3.12. The van der Waals surface area contributed by atoms with Crippen LogP contribution in [0.2, 0.25) is 5.02 Å². The minimum atomic E-state index is 0.169. The van der Waals surface area contributed by atoms with Gasteiger partial charge in [0.05, 0.1) is 6.10 Å². The van der Waals surface area contributed by atoms with Crippen LogP contribution in [0.1, 0.15) is 18.9 Å². The van der Waals surface area contributed by atoms with E-state index in [1.165, 1.54) is 5.56 Å². The lowest BCUT2D eigenvalue weighted by Gasteiger charge is -2.20. The number of benzene rings is 1. The van der Waals surface area contributed by atoms with E-state index in [-0.39, 0.29) is 6.10 Å². The molecule has 102 valence electrons. The van der Waals surface area contributed by atoms with Gasteiger partial charge in [0, 0.05) is 31.3 Å². The van der Waals surface area contributed by atoms with E-state index in [1.54, 1.807) is 0 Å². The summed E-state index contributed by atoms with van der Waals surface area (Å²) < 4.78 is 5.54. The zero-order valence-electron chi connectivity index (χ0n) is 11.2. The Balaban J connectivity index is 2.32. The van der Waals surface area contributed by atoms with E-state index in [0.717, 1.165) is 31.1 Å². The second kappa shape index (κ2) is 8.48. The fourth-order valence-corrected chi connectivity index (χ4v) is 1.98. The van der Waals surface area contributed by atoms with E-state index in [9.17, 15) is 0 Å². The molecular weight excluding hydrogens is 248 g/mol. The molecule has 0 aliphatic carbocycles. The fraction of sp³-hybridized carbons (Fsp3) is 0.571. The number of nitrogens with two attached hydrogens (primary N) is 1. The Kier molecular flexibility index (Phi) is 7.28. The first kappa shape index (κ1) is 15.4. The average Bonchev–Trinajstić information content (AvgIpc) is 2.37. The molecule has 0 saturated carbocycles. The SMILES string of the molecule is CCOC(CN)CCN(C)Cc1ccc(Cl)cc1. The molecule has 3 nitrogen and oxygen atoms in total. The van der Waals surface area contributed by atoms with Crippen LogP contribution in [0.3, 0.4) is 0 Å². The first-order valence-corrected chi connectivity index (χ1v) is 6.78. The summed E-state index contributed by atoms with van der Waals surface area (Å²) in [6.45, 7) is 5.20. The molecule has 0 saturated heterocycles. The van der Waals surface area contributed by atoms with E-state index in [1.807, 2.05) is 19.1 Å². The van der Waals surface area contributed by atoms with E-state index >= 15 is 0 Å². The zero-order valence-corrected chi connectivity index (χ0v) is 12.0. The summed E-state index contributed by atoms with van der Waals surface area (Å²) in [4.78, 5) is 2.27. The van der Waals surface area contributed by atoms with Crippen LogP contribution in [-0.2, 0) is 11.3 Å². The summed E-state index contributed by atoms with van der Waals surface area (Å²) >= 11 is 5.86. The van der Waals surface area contributed by atoms with Gasteiger partial charge in [-0.15, -0.1) is 0 Å². The van der Waals surface area contributed by atoms with Crippen molar-refractivity contribution in [2.45, 2.75) is 26.0 Å². The van der Waals surface area contributed by atoms with E-state index in [0.29, 0.717) is 6.54 Å². The van der Waals surface area contributed by atoms with Crippen molar-refractivity contribution in [2.24, 2.45) is 5.73 Å². The number of hydrogen-bond acceptors (Lipinski definition) is 3. The van der Waals surface area contributed by atoms with E-state index in [2.05, 4.69) is 24.1 Å². The number of hydrogen-bond donors (Lipinski definition) is 1. The Hall–Kier alpha value is -0.610. The van der Waals surface area contributed by atoms with Crippen LogP contribution in [0.25, 0.3) is 0 Å². The predicted molar refractivity (Wildman–Crippen MR) is 76.9 cm³/mol. The molecule has 0 aromatic heterocycles. The minimum Gasteiger partial charge on any atom is -0.377 e. The fourth-order valence-electron chi connectivity index (χ4n) is 1.85. The molecule has 2 N–H and O–H groups in total. The highest BCUT2D eigenvalue weighted by atomic mass is 35.5. The molecule has 18 heavy (non-hydrogen) atoms. The van der Waals surface area contributed by atoms with Crippen LogP contribution >= 0.6 is 11.6 Å². The minimum absolute atomic E-state index is 0.169. The molecule has 1 aromatic carbocycles. The monoisotopic (exact) mass is 270 g/mol.